The van der Waals surface area contributed by atoms with E-state index in [1.54, 1.807) is 13.2 Å². The van der Waals surface area contributed by atoms with Crippen LogP contribution in [-0.2, 0) is 0 Å². The van der Waals surface area contributed by atoms with Gasteiger partial charge in [0.1, 0.15) is 5.75 Å². The molecule has 0 amide bonds. The first-order chi connectivity index (χ1) is 5.72. The molecule has 1 aromatic rings. The summed E-state index contributed by atoms with van der Waals surface area (Å²) in [6.45, 7) is 0. The van der Waals surface area contributed by atoms with Crippen molar-refractivity contribution in [3.8, 4) is 5.75 Å². The first kappa shape index (κ1) is 6.92. The van der Waals surface area contributed by atoms with Crippen LogP contribution in [0.1, 0.15) is 6.93 Å². The first-order valence-electron chi connectivity index (χ1n) is 3.70. The second-order valence-electron chi connectivity index (χ2n) is 2.03. The number of benzene rings is 1. The molecule has 0 saturated heterocycles. The third kappa shape index (κ3) is 2.39. The molecule has 0 spiro atoms. The van der Waals surface area contributed by atoms with E-state index in [1.165, 1.54) is 0 Å². The van der Waals surface area contributed by atoms with E-state index in [4.69, 9.17) is 6.11 Å². The second-order valence-corrected chi connectivity index (χ2v) is 2.48. The summed E-state index contributed by atoms with van der Waals surface area (Å²) in [6, 6.07) is 7.52. The van der Waals surface area contributed by atoms with Crippen molar-refractivity contribution in [3.63, 3.8) is 0 Å². The van der Waals surface area contributed by atoms with Crippen molar-refractivity contribution in [2.75, 3.05) is 7.11 Å². The molecular formula is C9H9BrO. The molecule has 0 bridgehead atoms. The smallest absolute Gasteiger partial charge is 0.118 e. The van der Waals surface area contributed by atoms with Crippen LogP contribution < -0.4 is 4.74 Å². The average Bonchev–Trinajstić information content (AvgIpc) is 2.05. The number of methoxy groups -OCH3 is 1. The SMILES string of the molecule is [2H]C(Br)=Cc1ccc(OC)cc1. The summed E-state index contributed by atoms with van der Waals surface area (Å²) in [6.07, 6.45) is 1.72. The zero-order valence-electron chi connectivity index (χ0n) is 7.17. The van der Waals surface area contributed by atoms with Crippen LogP contribution >= 0.6 is 15.9 Å². The van der Waals surface area contributed by atoms with E-state index in [0.29, 0.717) is 4.96 Å². The summed E-state index contributed by atoms with van der Waals surface area (Å²) >= 11 is 3.04. The first-order valence-corrected chi connectivity index (χ1v) is 3.99. The number of rotatable bonds is 2. The topological polar surface area (TPSA) is 9.23 Å². The minimum absolute atomic E-state index is 0.368. The van der Waals surface area contributed by atoms with E-state index >= 15 is 0 Å². The second kappa shape index (κ2) is 4.19. The maximum atomic E-state index is 7.16. The van der Waals surface area contributed by atoms with Gasteiger partial charge in [-0.3, -0.25) is 0 Å². The molecule has 0 N–H and O–H groups in total. The van der Waals surface area contributed by atoms with Gasteiger partial charge in [-0.1, -0.05) is 28.1 Å². The highest BCUT2D eigenvalue weighted by molar-refractivity contribution is 9.11. The van der Waals surface area contributed by atoms with Crippen molar-refractivity contribution in [2.24, 2.45) is 0 Å². The Hall–Kier alpha value is -0.760. The molecule has 0 radical (unpaired) electrons. The minimum Gasteiger partial charge on any atom is -0.497 e. The Kier molecular flexibility index (Phi) is 2.63. The lowest BCUT2D eigenvalue weighted by Gasteiger charge is -1.97. The number of halogens is 1. The molecule has 2 heteroatoms. The van der Waals surface area contributed by atoms with Gasteiger partial charge in [0.05, 0.1) is 8.48 Å². The van der Waals surface area contributed by atoms with Gasteiger partial charge in [-0.15, -0.1) is 0 Å². The van der Waals surface area contributed by atoms with E-state index in [2.05, 4.69) is 15.9 Å². The highest BCUT2D eigenvalue weighted by Gasteiger charge is 1.88. The van der Waals surface area contributed by atoms with Crippen molar-refractivity contribution in [3.05, 3.63) is 34.8 Å². The highest BCUT2D eigenvalue weighted by atomic mass is 79.9. The molecule has 0 atom stereocenters. The van der Waals surface area contributed by atoms with E-state index < -0.39 is 0 Å². The molecule has 0 aliphatic rings. The molecule has 1 nitrogen and oxygen atoms in total. The third-order valence-electron chi connectivity index (χ3n) is 1.34. The Morgan fingerprint density at radius 3 is 2.55 bits per heavy atom. The van der Waals surface area contributed by atoms with Crippen LogP contribution in [0.4, 0.5) is 0 Å². The number of ether oxygens (including phenoxy) is 1. The summed E-state index contributed by atoms with van der Waals surface area (Å²) in [5.41, 5.74) is 0.984. The lowest BCUT2D eigenvalue weighted by Crippen LogP contribution is -1.80. The fourth-order valence-corrected chi connectivity index (χ4v) is 1.03. The Labute approximate surface area is 76.2 Å². The number of hydrogen-bond donors (Lipinski definition) is 0. The molecule has 0 aliphatic heterocycles. The van der Waals surface area contributed by atoms with Gasteiger partial charge in [0.15, 0.2) is 0 Å². The van der Waals surface area contributed by atoms with Gasteiger partial charge >= 0.3 is 0 Å². The van der Waals surface area contributed by atoms with E-state index in [0.717, 1.165) is 11.3 Å². The molecule has 58 valence electrons. The predicted molar refractivity (Wildman–Crippen MR) is 51.0 cm³/mol. The van der Waals surface area contributed by atoms with Crippen molar-refractivity contribution in [1.82, 2.24) is 0 Å². The van der Waals surface area contributed by atoms with Gasteiger partial charge in [-0.25, -0.2) is 0 Å². The van der Waals surface area contributed by atoms with E-state index in [1.807, 2.05) is 24.3 Å². The molecule has 1 aromatic carbocycles. The van der Waals surface area contributed by atoms with Gasteiger partial charge in [-0.2, -0.15) is 0 Å². The summed E-state index contributed by atoms with van der Waals surface area (Å²) in [5.74, 6) is 0.827. The number of hydrogen-bond acceptors (Lipinski definition) is 1. The summed E-state index contributed by atoms with van der Waals surface area (Å²) in [4.78, 5) is 0.368. The normalized spacial score (nSPS) is 12.5. The Morgan fingerprint density at radius 1 is 1.45 bits per heavy atom. The third-order valence-corrected chi connectivity index (χ3v) is 1.57. The molecule has 1 rings (SSSR count). The van der Waals surface area contributed by atoms with Crippen molar-refractivity contribution in [1.29, 1.82) is 0 Å². The van der Waals surface area contributed by atoms with Crippen molar-refractivity contribution >= 4 is 22.0 Å². The zero-order chi connectivity index (χ0) is 8.97. The Morgan fingerprint density at radius 2 is 2.09 bits per heavy atom. The molecule has 0 aliphatic carbocycles. The lowest BCUT2D eigenvalue weighted by atomic mass is 10.2. The van der Waals surface area contributed by atoms with Gasteiger partial charge in [0.25, 0.3) is 0 Å². The van der Waals surface area contributed by atoms with Crippen LogP contribution in [0.5, 0.6) is 5.75 Å². The van der Waals surface area contributed by atoms with Crippen LogP contribution in [0, 0.1) is 0 Å². The van der Waals surface area contributed by atoms with Crippen LogP contribution in [0.3, 0.4) is 0 Å². The quantitative estimate of drug-likeness (QED) is 0.735. The monoisotopic (exact) mass is 213 g/mol. The Balaban J connectivity index is 2.85. The summed E-state index contributed by atoms with van der Waals surface area (Å²) in [5, 5.41) is 0. The van der Waals surface area contributed by atoms with Crippen LogP contribution in [0.25, 0.3) is 6.08 Å². The van der Waals surface area contributed by atoms with Gasteiger partial charge in [0, 0.05) is 0 Å². The fraction of sp³-hybridized carbons (Fsp3) is 0.111. The van der Waals surface area contributed by atoms with Gasteiger partial charge < -0.3 is 4.74 Å². The maximum absolute atomic E-state index is 7.16. The largest absolute Gasteiger partial charge is 0.497 e. The molecule has 0 aromatic heterocycles. The van der Waals surface area contributed by atoms with Crippen LogP contribution in [0.15, 0.2) is 29.2 Å². The molecule has 0 saturated carbocycles. The van der Waals surface area contributed by atoms with E-state index in [-0.39, 0.29) is 0 Å². The zero-order valence-corrected chi connectivity index (χ0v) is 7.76. The minimum atomic E-state index is 0.368. The Bertz CT molecular complexity index is 275. The van der Waals surface area contributed by atoms with Crippen LogP contribution in [-0.4, -0.2) is 7.11 Å². The standard InChI is InChI=1S/C9H9BrO/c1-11-9-4-2-8(3-5-9)6-7-10/h2-7H,1H3/i7D. The molecule has 0 heterocycles. The average molecular weight is 214 g/mol. The summed E-state index contributed by atoms with van der Waals surface area (Å²) in [7, 11) is 1.63. The molecule has 0 unspecified atom stereocenters. The highest BCUT2D eigenvalue weighted by Crippen LogP contribution is 2.12. The van der Waals surface area contributed by atoms with Crippen molar-refractivity contribution in [2.45, 2.75) is 0 Å². The fourth-order valence-electron chi connectivity index (χ4n) is 0.763. The summed E-state index contributed by atoms with van der Waals surface area (Å²) < 4.78 is 12.2. The van der Waals surface area contributed by atoms with Crippen molar-refractivity contribution < 1.29 is 6.11 Å². The lowest BCUT2D eigenvalue weighted by molar-refractivity contribution is 0.415. The van der Waals surface area contributed by atoms with Gasteiger partial charge in [0.2, 0.25) is 0 Å². The molecule has 11 heavy (non-hydrogen) atoms. The van der Waals surface area contributed by atoms with Crippen LogP contribution in [0.2, 0.25) is 0 Å². The predicted octanol–water partition coefficient (Wildman–Crippen LogP) is 3.06. The van der Waals surface area contributed by atoms with E-state index in [9.17, 15) is 0 Å². The van der Waals surface area contributed by atoms with Gasteiger partial charge in [-0.05, 0) is 28.7 Å². The molecular weight excluding hydrogens is 204 g/mol. The molecule has 0 fully saturated rings. The maximum Gasteiger partial charge on any atom is 0.118 e.